The number of ether oxygens (including phenoxy) is 1. The summed E-state index contributed by atoms with van der Waals surface area (Å²) in [5.74, 6) is 1.60. The second-order valence-electron chi connectivity index (χ2n) is 8.37. The number of rotatable bonds is 8. The average Bonchev–Trinajstić information content (AvgIpc) is 3.03. The molecule has 2 heterocycles. The summed E-state index contributed by atoms with van der Waals surface area (Å²) in [5, 5.41) is 11.3. The second kappa shape index (κ2) is 9.46. The van der Waals surface area contributed by atoms with Crippen molar-refractivity contribution in [2.45, 2.75) is 71.9 Å². The Morgan fingerprint density at radius 1 is 1.31 bits per heavy atom. The van der Waals surface area contributed by atoms with Gasteiger partial charge in [-0.3, -0.25) is 9.69 Å². The van der Waals surface area contributed by atoms with Crippen LogP contribution in [0.15, 0.2) is 4.42 Å². The van der Waals surface area contributed by atoms with Gasteiger partial charge in [-0.15, -0.1) is 10.2 Å². The van der Waals surface area contributed by atoms with E-state index in [9.17, 15) is 4.79 Å². The molecule has 0 aliphatic carbocycles. The van der Waals surface area contributed by atoms with Crippen LogP contribution in [0, 0.1) is 5.92 Å². The topological polar surface area (TPSA) is 80.5 Å². The summed E-state index contributed by atoms with van der Waals surface area (Å²) in [7, 11) is 0. The van der Waals surface area contributed by atoms with Gasteiger partial charge in [0.05, 0.1) is 12.6 Å². The quantitative estimate of drug-likeness (QED) is 0.712. The number of aromatic nitrogens is 2. The molecule has 0 radical (unpaired) electrons. The third-order valence-electron chi connectivity index (χ3n) is 4.50. The van der Waals surface area contributed by atoms with Crippen molar-refractivity contribution in [2.24, 2.45) is 5.92 Å². The minimum atomic E-state index is -0.128. The Labute approximate surface area is 156 Å². The lowest BCUT2D eigenvalue weighted by molar-refractivity contribution is -0.126. The highest BCUT2D eigenvalue weighted by molar-refractivity contribution is 5.78. The van der Waals surface area contributed by atoms with Crippen molar-refractivity contribution < 1.29 is 13.9 Å². The zero-order chi connectivity index (χ0) is 19.2. The van der Waals surface area contributed by atoms with Gasteiger partial charge < -0.3 is 14.5 Å². The molecule has 1 aliphatic rings. The Kier molecular flexibility index (Phi) is 7.58. The van der Waals surface area contributed by atoms with Gasteiger partial charge in [-0.25, -0.2) is 0 Å². The van der Waals surface area contributed by atoms with E-state index in [-0.39, 0.29) is 23.3 Å². The van der Waals surface area contributed by atoms with Crippen LogP contribution in [0.1, 0.15) is 65.7 Å². The maximum absolute atomic E-state index is 12.3. The minimum absolute atomic E-state index is 0.102. The van der Waals surface area contributed by atoms with E-state index in [0.717, 1.165) is 32.4 Å². The molecular weight excluding hydrogens is 332 g/mol. The van der Waals surface area contributed by atoms with E-state index in [2.05, 4.69) is 41.2 Å². The molecule has 0 bridgehead atoms. The van der Waals surface area contributed by atoms with Gasteiger partial charge in [0.15, 0.2) is 0 Å². The van der Waals surface area contributed by atoms with Crippen molar-refractivity contribution in [2.75, 3.05) is 26.2 Å². The summed E-state index contributed by atoms with van der Waals surface area (Å²) < 4.78 is 11.2. The normalized spacial score (nSPS) is 17.0. The lowest BCUT2D eigenvalue weighted by Crippen LogP contribution is -2.40. The molecule has 1 saturated heterocycles. The van der Waals surface area contributed by atoms with Crippen molar-refractivity contribution in [1.29, 1.82) is 0 Å². The molecule has 148 valence electrons. The summed E-state index contributed by atoms with van der Waals surface area (Å²) in [6, 6.07) is 0. The summed E-state index contributed by atoms with van der Waals surface area (Å²) in [6.07, 6.45) is 2.84. The first-order valence-corrected chi connectivity index (χ1v) is 9.70. The standard InChI is InChI=1S/C19H34N4O3/c1-14(2)25-12-6-9-20-17(24)15-7-10-23(11-8-15)13-16-21-22-18(26-16)19(3,4)5/h14-15H,6-13H2,1-5H3,(H,20,24). The molecule has 1 fully saturated rings. The van der Waals surface area contributed by atoms with Crippen LogP contribution in [-0.4, -0.2) is 53.3 Å². The zero-order valence-electron chi connectivity index (χ0n) is 16.9. The molecule has 1 aromatic heterocycles. The molecule has 2 rings (SSSR count). The first kappa shape index (κ1) is 20.8. The van der Waals surface area contributed by atoms with E-state index in [1.807, 2.05) is 13.8 Å². The fourth-order valence-corrected chi connectivity index (χ4v) is 2.91. The Morgan fingerprint density at radius 3 is 2.58 bits per heavy atom. The van der Waals surface area contributed by atoms with Gasteiger partial charge in [0.1, 0.15) is 0 Å². The molecule has 1 N–H and O–H groups in total. The van der Waals surface area contributed by atoms with Crippen molar-refractivity contribution in [3.63, 3.8) is 0 Å². The van der Waals surface area contributed by atoms with E-state index in [1.54, 1.807) is 0 Å². The predicted octanol–water partition coefficient (Wildman–Crippen LogP) is 2.51. The van der Waals surface area contributed by atoms with E-state index in [4.69, 9.17) is 9.15 Å². The van der Waals surface area contributed by atoms with Gasteiger partial charge in [0, 0.05) is 24.5 Å². The SMILES string of the molecule is CC(C)OCCCNC(=O)C1CCN(Cc2nnc(C(C)(C)C)o2)CC1. The van der Waals surface area contributed by atoms with Gasteiger partial charge in [0.25, 0.3) is 0 Å². The third kappa shape index (κ3) is 6.68. The van der Waals surface area contributed by atoms with Crippen LogP contribution in [0.5, 0.6) is 0 Å². The number of hydrogen-bond acceptors (Lipinski definition) is 6. The lowest BCUT2D eigenvalue weighted by Gasteiger charge is -2.30. The Morgan fingerprint density at radius 2 is 2.00 bits per heavy atom. The fourth-order valence-electron chi connectivity index (χ4n) is 2.91. The summed E-state index contributed by atoms with van der Waals surface area (Å²) in [5.41, 5.74) is -0.128. The molecule has 0 aromatic carbocycles. The molecule has 0 unspecified atom stereocenters. The molecule has 0 saturated carbocycles. The first-order valence-electron chi connectivity index (χ1n) is 9.70. The smallest absolute Gasteiger partial charge is 0.230 e. The Balaban J connectivity index is 1.67. The number of nitrogens with one attached hydrogen (secondary N) is 1. The number of amides is 1. The van der Waals surface area contributed by atoms with Crippen molar-refractivity contribution in [1.82, 2.24) is 20.4 Å². The van der Waals surface area contributed by atoms with E-state index >= 15 is 0 Å². The van der Waals surface area contributed by atoms with Crippen LogP contribution in [0.2, 0.25) is 0 Å². The van der Waals surface area contributed by atoms with Gasteiger partial charge in [-0.2, -0.15) is 0 Å². The van der Waals surface area contributed by atoms with Gasteiger partial charge in [0.2, 0.25) is 17.7 Å². The summed E-state index contributed by atoms with van der Waals surface area (Å²) >= 11 is 0. The highest BCUT2D eigenvalue weighted by Crippen LogP contribution is 2.22. The first-order chi connectivity index (χ1) is 12.3. The monoisotopic (exact) mass is 366 g/mol. The maximum Gasteiger partial charge on any atom is 0.230 e. The molecule has 1 amide bonds. The van der Waals surface area contributed by atoms with Crippen molar-refractivity contribution in [3.8, 4) is 0 Å². The van der Waals surface area contributed by atoms with Gasteiger partial charge >= 0.3 is 0 Å². The Hall–Kier alpha value is -1.47. The number of likely N-dealkylation sites (tertiary alicyclic amines) is 1. The predicted molar refractivity (Wildman–Crippen MR) is 99.7 cm³/mol. The summed E-state index contributed by atoms with van der Waals surface area (Å²) in [4.78, 5) is 14.5. The minimum Gasteiger partial charge on any atom is -0.423 e. The number of nitrogens with zero attached hydrogens (tertiary/aromatic N) is 3. The van der Waals surface area contributed by atoms with Crippen LogP contribution in [0.3, 0.4) is 0 Å². The molecule has 1 aliphatic heterocycles. The summed E-state index contributed by atoms with van der Waals surface area (Å²) in [6.45, 7) is 14.0. The number of carbonyl (C=O) groups is 1. The lowest BCUT2D eigenvalue weighted by atomic mass is 9.96. The number of carbonyl (C=O) groups excluding carboxylic acids is 1. The van der Waals surface area contributed by atoms with Crippen LogP contribution in [0.4, 0.5) is 0 Å². The second-order valence-corrected chi connectivity index (χ2v) is 8.37. The number of piperidine rings is 1. The number of hydrogen-bond donors (Lipinski definition) is 1. The van der Waals surface area contributed by atoms with Crippen LogP contribution >= 0.6 is 0 Å². The van der Waals surface area contributed by atoms with Gasteiger partial charge in [-0.1, -0.05) is 20.8 Å². The highest BCUT2D eigenvalue weighted by atomic mass is 16.5. The average molecular weight is 367 g/mol. The van der Waals surface area contributed by atoms with Crippen molar-refractivity contribution in [3.05, 3.63) is 11.8 Å². The van der Waals surface area contributed by atoms with Crippen LogP contribution in [0.25, 0.3) is 0 Å². The highest BCUT2D eigenvalue weighted by Gasteiger charge is 2.26. The van der Waals surface area contributed by atoms with Crippen LogP contribution < -0.4 is 5.32 Å². The third-order valence-corrected chi connectivity index (χ3v) is 4.50. The van der Waals surface area contributed by atoms with E-state index < -0.39 is 0 Å². The Bertz CT molecular complexity index is 557. The molecule has 1 aromatic rings. The molecule has 7 nitrogen and oxygen atoms in total. The largest absolute Gasteiger partial charge is 0.423 e. The molecule has 0 atom stereocenters. The van der Waals surface area contributed by atoms with E-state index in [1.165, 1.54) is 0 Å². The maximum atomic E-state index is 12.3. The molecule has 7 heteroatoms. The molecule has 26 heavy (non-hydrogen) atoms. The zero-order valence-corrected chi connectivity index (χ0v) is 16.9. The van der Waals surface area contributed by atoms with Gasteiger partial charge in [-0.05, 0) is 46.2 Å². The van der Waals surface area contributed by atoms with Crippen molar-refractivity contribution >= 4 is 5.91 Å². The fraction of sp³-hybridized carbons (Fsp3) is 0.842. The molecular formula is C19H34N4O3. The van der Waals surface area contributed by atoms with Crippen LogP contribution in [-0.2, 0) is 21.5 Å². The molecule has 0 spiro atoms. The van der Waals surface area contributed by atoms with E-state index in [0.29, 0.717) is 31.5 Å².